The summed E-state index contributed by atoms with van der Waals surface area (Å²) in [5.74, 6) is 0.775. The zero-order valence-corrected chi connectivity index (χ0v) is 19.3. The van der Waals surface area contributed by atoms with Crippen molar-refractivity contribution in [1.29, 1.82) is 0 Å². The van der Waals surface area contributed by atoms with Crippen molar-refractivity contribution in [3.63, 3.8) is 0 Å². The number of aromatic hydroxyl groups is 1. The predicted octanol–water partition coefficient (Wildman–Crippen LogP) is 3.45. The number of ether oxygens (including phenoxy) is 2. The fourth-order valence-electron chi connectivity index (χ4n) is 6.30. The topological polar surface area (TPSA) is 79.3 Å². The van der Waals surface area contributed by atoms with E-state index < -0.39 is 0 Å². The lowest BCUT2D eigenvalue weighted by molar-refractivity contribution is -0.143. The van der Waals surface area contributed by atoms with Gasteiger partial charge in [-0.2, -0.15) is 0 Å². The lowest BCUT2D eigenvalue weighted by atomic mass is 9.69. The molecule has 3 aliphatic heterocycles. The Morgan fingerprint density at radius 3 is 2.72 bits per heavy atom. The monoisotopic (exact) mass is 444 g/mol. The van der Waals surface area contributed by atoms with Gasteiger partial charge in [0.1, 0.15) is 0 Å². The molecule has 0 aliphatic carbocycles. The molecule has 3 saturated heterocycles. The summed E-state index contributed by atoms with van der Waals surface area (Å²) in [4.78, 5) is 30.3. The van der Waals surface area contributed by atoms with Crippen molar-refractivity contribution in [2.24, 2.45) is 11.8 Å². The highest BCUT2D eigenvalue weighted by Gasteiger charge is 2.49. The summed E-state index contributed by atoms with van der Waals surface area (Å²) in [6.07, 6.45) is 6.42. The standard InChI is InChI=1S/C25H36N2O5/c1-3-32-22(28)13-5-11-20-18-10-7-15-26-14-6-8-17(23(18)26)16-27(20)25(30)19-9-4-12-21(31-2)24(19)29/h4,9,12,17-18,20,23,29H,3,5-8,10-11,13-16H2,1-2H3. The molecule has 0 bridgehead atoms. The molecule has 1 N–H and O–H groups in total. The molecule has 3 heterocycles. The van der Waals surface area contributed by atoms with Crippen molar-refractivity contribution in [3.8, 4) is 11.5 Å². The molecular weight excluding hydrogens is 408 g/mol. The SMILES string of the molecule is CCOC(=O)CCCC1C2CCCN3CCCC(CN1C(=O)c1cccc(OC)c1O)C23. The van der Waals surface area contributed by atoms with E-state index in [0.717, 1.165) is 38.8 Å². The smallest absolute Gasteiger partial charge is 0.305 e. The van der Waals surface area contributed by atoms with Gasteiger partial charge in [0, 0.05) is 25.0 Å². The third kappa shape index (κ3) is 4.45. The molecule has 0 spiro atoms. The van der Waals surface area contributed by atoms with E-state index in [1.807, 2.05) is 11.8 Å². The molecule has 4 unspecified atom stereocenters. The summed E-state index contributed by atoms with van der Waals surface area (Å²) in [5, 5.41) is 10.7. The number of methoxy groups -OCH3 is 1. The Labute approximate surface area is 190 Å². The molecule has 4 atom stereocenters. The third-order valence-corrected chi connectivity index (χ3v) is 7.57. The Hall–Kier alpha value is -2.28. The average Bonchev–Trinajstić information content (AvgIpc) is 2.80. The molecule has 7 nitrogen and oxygen atoms in total. The number of nitrogens with zero attached hydrogens (tertiary/aromatic N) is 2. The van der Waals surface area contributed by atoms with E-state index >= 15 is 0 Å². The Bertz CT molecular complexity index is 827. The minimum absolute atomic E-state index is 0.0599. The number of phenolic OH excluding ortho intramolecular Hbond substituents is 1. The predicted molar refractivity (Wildman–Crippen MR) is 121 cm³/mol. The second kappa shape index (κ2) is 10.1. The Morgan fingerprint density at radius 2 is 1.97 bits per heavy atom. The highest BCUT2D eigenvalue weighted by molar-refractivity contribution is 5.98. The first-order valence-corrected chi connectivity index (χ1v) is 12.1. The number of likely N-dealkylation sites (tertiary alicyclic amines) is 1. The second-order valence-corrected chi connectivity index (χ2v) is 9.31. The molecule has 0 saturated carbocycles. The summed E-state index contributed by atoms with van der Waals surface area (Å²) in [6, 6.07) is 5.67. The minimum atomic E-state index is -0.174. The molecule has 1 aromatic rings. The van der Waals surface area contributed by atoms with Gasteiger partial charge in [0.15, 0.2) is 11.5 Å². The van der Waals surface area contributed by atoms with Crippen LogP contribution in [0.4, 0.5) is 0 Å². The molecule has 3 aliphatic rings. The zero-order chi connectivity index (χ0) is 22.7. The minimum Gasteiger partial charge on any atom is -0.504 e. The van der Waals surface area contributed by atoms with Gasteiger partial charge in [-0.05, 0) is 82.5 Å². The third-order valence-electron chi connectivity index (χ3n) is 7.57. The van der Waals surface area contributed by atoms with Crippen LogP contribution in [0.3, 0.4) is 0 Å². The highest BCUT2D eigenvalue weighted by Crippen LogP contribution is 2.44. The van der Waals surface area contributed by atoms with E-state index in [-0.39, 0.29) is 23.7 Å². The molecule has 0 aromatic heterocycles. The van der Waals surface area contributed by atoms with Crippen LogP contribution in [0.1, 0.15) is 62.2 Å². The van der Waals surface area contributed by atoms with Crippen molar-refractivity contribution >= 4 is 11.9 Å². The molecule has 4 rings (SSSR count). The van der Waals surface area contributed by atoms with Crippen LogP contribution in [0.25, 0.3) is 0 Å². The lowest BCUT2D eigenvalue weighted by Crippen LogP contribution is -2.65. The fraction of sp³-hybridized carbons (Fsp3) is 0.680. The molecule has 3 fully saturated rings. The Morgan fingerprint density at radius 1 is 1.19 bits per heavy atom. The summed E-state index contributed by atoms with van der Waals surface area (Å²) in [6.45, 7) is 5.22. The number of hydrogen-bond donors (Lipinski definition) is 1. The van der Waals surface area contributed by atoms with Gasteiger partial charge in [0.05, 0.1) is 19.3 Å². The van der Waals surface area contributed by atoms with Crippen LogP contribution in [0.5, 0.6) is 11.5 Å². The van der Waals surface area contributed by atoms with Gasteiger partial charge < -0.3 is 19.5 Å². The maximum Gasteiger partial charge on any atom is 0.305 e. The van der Waals surface area contributed by atoms with Crippen molar-refractivity contribution in [1.82, 2.24) is 9.80 Å². The van der Waals surface area contributed by atoms with E-state index in [9.17, 15) is 14.7 Å². The number of para-hydroxylation sites is 1. The second-order valence-electron chi connectivity index (χ2n) is 9.31. The van der Waals surface area contributed by atoms with Crippen LogP contribution in [0, 0.1) is 11.8 Å². The quantitative estimate of drug-likeness (QED) is 0.649. The van der Waals surface area contributed by atoms with E-state index in [1.165, 1.54) is 13.5 Å². The van der Waals surface area contributed by atoms with Crippen molar-refractivity contribution in [2.75, 3.05) is 33.4 Å². The maximum atomic E-state index is 13.7. The number of benzene rings is 1. The molecular formula is C25H36N2O5. The van der Waals surface area contributed by atoms with E-state index in [1.54, 1.807) is 18.2 Å². The maximum absolute atomic E-state index is 13.7. The number of hydrogen-bond acceptors (Lipinski definition) is 6. The Balaban J connectivity index is 1.60. The number of phenols is 1. The number of carbonyl (C=O) groups is 2. The van der Waals surface area contributed by atoms with Crippen LogP contribution in [-0.4, -0.2) is 72.2 Å². The van der Waals surface area contributed by atoms with Crippen molar-refractivity contribution < 1.29 is 24.2 Å². The zero-order valence-electron chi connectivity index (χ0n) is 19.3. The van der Waals surface area contributed by atoms with Crippen molar-refractivity contribution in [3.05, 3.63) is 23.8 Å². The van der Waals surface area contributed by atoms with E-state index in [0.29, 0.717) is 55.2 Å². The Kier molecular flexibility index (Phi) is 7.23. The lowest BCUT2D eigenvalue weighted by Gasteiger charge is -2.57. The first kappa shape index (κ1) is 22.9. The number of carbonyl (C=O) groups excluding carboxylic acids is 2. The summed E-state index contributed by atoms with van der Waals surface area (Å²) in [7, 11) is 1.49. The van der Waals surface area contributed by atoms with E-state index in [2.05, 4.69) is 4.90 Å². The number of esters is 1. The van der Waals surface area contributed by atoms with Crippen molar-refractivity contribution in [2.45, 2.75) is 64.0 Å². The van der Waals surface area contributed by atoms with Crippen LogP contribution < -0.4 is 4.74 Å². The molecule has 32 heavy (non-hydrogen) atoms. The normalized spacial score (nSPS) is 27.5. The number of rotatable bonds is 7. The summed E-state index contributed by atoms with van der Waals surface area (Å²) in [5.41, 5.74) is 0.293. The van der Waals surface area contributed by atoms with Gasteiger partial charge in [0.25, 0.3) is 5.91 Å². The molecule has 0 radical (unpaired) electrons. The van der Waals surface area contributed by atoms with Gasteiger partial charge >= 0.3 is 5.97 Å². The fourth-order valence-corrected chi connectivity index (χ4v) is 6.30. The molecule has 176 valence electrons. The molecule has 1 aromatic carbocycles. The van der Waals surface area contributed by atoms with Crippen LogP contribution in [0.15, 0.2) is 18.2 Å². The van der Waals surface area contributed by atoms with Crippen LogP contribution >= 0.6 is 0 Å². The van der Waals surface area contributed by atoms with Crippen LogP contribution in [0.2, 0.25) is 0 Å². The largest absolute Gasteiger partial charge is 0.504 e. The first-order valence-electron chi connectivity index (χ1n) is 12.1. The van der Waals surface area contributed by atoms with Gasteiger partial charge in [0.2, 0.25) is 0 Å². The van der Waals surface area contributed by atoms with Gasteiger partial charge in [-0.3, -0.25) is 14.5 Å². The van der Waals surface area contributed by atoms with Crippen LogP contribution in [-0.2, 0) is 9.53 Å². The number of piperidine rings is 3. The van der Waals surface area contributed by atoms with Gasteiger partial charge in [-0.15, -0.1) is 0 Å². The first-order chi connectivity index (χ1) is 15.5. The summed E-state index contributed by atoms with van der Waals surface area (Å²) >= 11 is 0. The average molecular weight is 445 g/mol. The molecule has 1 amide bonds. The van der Waals surface area contributed by atoms with E-state index in [4.69, 9.17) is 9.47 Å². The highest BCUT2D eigenvalue weighted by atomic mass is 16.5. The van der Waals surface area contributed by atoms with Gasteiger partial charge in [-0.25, -0.2) is 0 Å². The summed E-state index contributed by atoms with van der Waals surface area (Å²) < 4.78 is 10.3. The molecule has 7 heteroatoms. The number of amides is 1. The van der Waals surface area contributed by atoms with Gasteiger partial charge in [-0.1, -0.05) is 6.07 Å².